The summed E-state index contributed by atoms with van der Waals surface area (Å²) in [5.74, 6) is -0.0185. The number of methoxy groups -OCH3 is 1. The second kappa shape index (κ2) is 5.30. The fraction of sp³-hybridized carbons (Fsp3) is 0.333. The normalized spacial score (nSPS) is 11.7. The van der Waals surface area contributed by atoms with Crippen molar-refractivity contribution in [1.82, 2.24) is 0 Å². The number of benzene rings is 1. The first-order valence-electron chi connectivity index (χ1n) is 4.90. The lowest BCUT2D eigenvalue weighted by Gasteiger charge is -2.12. The summed E-state index contributed by atoms with van der Waals surface area (Å²) in [6.45, 7) is 3.06. The molecule has 0 saturated carbocycles. The number of carbonyl (C=O) groups is 2. The molecule has 0 aliphatic heterocycles. The summed E-state index contributed by atoms with van der Waals surface area (Å²) >= 11 is 0. The number of carbonyl (C=O) groups excluding carboxylic acids is 2. The molecule has 0 aromatic heterocycles. The van der Waals surface area contributed by atoms with E-state index in [1.165, 1.54) is 14.0 Å². The molecule has 0 aliphatic rings. The minimum Gasteiger partial charge on any atom is -0.479 e. The Hall–Kier alpha value is -1.84. The summed E-state index contributed by atoms with van der Waals surface area (Å²) in [7, 11) is 1.30. The molecule has 1 aromatic rings. The highest BCUT2D eigenvalue weighted by atomic mass is 16.6. The molecule has 1 atom stereocenters. The summed E-state index contributed by atoms with van der Waals surface area (Å²) in [6.07, 6.45) is -0.688. The van der Waals surface area contributed by atoms with Crippen molar-refractivity contribution in [1.29, 1.82) is 0 Å². The van der Waals surface area contributed by atoms with Gasteiger partial charge in [-0.2, -0.15) is 0 Å². The first kappa shape index (κ1) is 12.2. The summed E-state index contributed by atoms with van der Waals surface area (Å²) in [4.78, 5) is 22.2. The van der Waals surface area contributed by atoms with Gasteiger partial charge < -0.3 is 9.47 Å². The second-order valence-electron chi connectivity index (χ2n) is 3.37. The monoisotopic (exact) mass is 222 g/mol. The van der Waals surface area contributed by atoms with Crippen molar-refractivity contribution in [2.45, 2.75) is 20.0 Å². The molecular formula is C12H14O4. The summed E-state index contributed by atoms with van der Waals surface area (Å²) in [5.41, 5.74) is 0.551. The predicted molar refractivity (Wildman–Crippen MR) is 58.6 cm³/mol. The molecule has 86 valence electrons. The Balaban J connectivity index is 2.78. The van der Waals surface area contributed by atoms with Crippen molar-refractivity contribution >= 4 is 11.8 Å². The lowest BCUT2D eigenvalue weighted by atomic mass is 10.1. The average Bonchev–Trinajstić information content (AvgIpc) is 2.28. The van der Waals surface area contributed by atoms with Gasteiger partial charge in [-0.25, -0.2) is 4.79 Å². The van der Waals surface area contributed by atoms with E-state index < -0.39 is 12.1 Å². The van der Waals surface area contributed by atoms with E-state index in [2.05, 4.69) is 4.74 Å². The molecule has 0 unspecified atom stereocenters. The van der Waals surface area contributed by atoms with E-state index in [1.54, 1.807) is 31.2 Å². The van der Waals surface area contributed by atoms with Crippen molar-refractivity contribution in [2.24, 2.45) is 0 Å². The third kappa shape index (κ3) is 3.08. The zero-order chi connectivity index (χ0) is 12.1. The van der Waals surface area contributed by atoms with Gasteiger partial charge in [-0.05, 0) is 26.0 Å². The number of esters is 1. The van der Waals surface area contributed by atoms with Gasteiger partial charge in [0.25, 0.3) is 0 Å². The number of hydrogen-bond acceptors (Lipinski definition) is 4. The molecule has 1 rings (SSSR count). The van der Waals surface area contributed by atoms with Gasteiger partial charge in [-0.3, -0.25) is 4.79 Å². The Morgan fingerprint density at radius 3 is 2.56 bits per heavy atom. The second-order valence-corrected chi connectivity index (χ2v) is 3.37. The molecule has 4 nitrogen and oxygen atoms in total. The van der Waals surface area contributed by atoms with Crippen LogP contribution in [0.5, 0.6) is 5.75 Å². The minimum atomic E-state index is -0.688. The lowest BCUT2D eigenvalue weighted by Crippen LogP contribution is -2.24. The highest BCUT2D eigenvalue weighted by Crippen LogP contribution is 2.15. The van der Waals surface area contributed by atoms with Gasteiger partial charge in [0, 0.05) is 5.56 Å². The number of Topliss-reactive ketones (excluding diaryl/α,β-unsaturated/α-hetero) is 1. The highest BCUT2D eigenvalue weighted by Gasteiger charge is 2.14. The molecule has 0 amide bonds. The van der Waals surface area contributed by atoms with E-state index in [1.807, 2.05) is 0 Å². The van der Waals surface area contributed by atoms with Crippen LogP contribution in [0, 0.1) is 0 Å². The summed E-state index contributed by atoms with van der Waals surface area (Å²) in [6, 6.07) is 6.68. The first-order valence-corrected chi connectivity index (χ1v) is 4.90. The van der Waals surface area contributed by atoms with Crippen LogP contribution in [0.15, 0.2) is 24.3 Å². The zero-order valence-electron chi connectivity index (χ0n) is 9.52. The van der Waals surface area contributed by atoms with Crippen LogP contribution in [0.4, 0.5) is 0 Å². The standard InChI is InChI=1S/C12H14O4/c1-8(13)10-5-4-6-11(7-10)16-9(2)12(14)15-3/h4-7,9H,1-3H3/t9-/m1/s1. The fourth-order valence-corrected chi connectivity index (χ4v) is 1.21. The third-order valence-corrected chi connectivity index (χ3v) is 2.09. The van der Waals surface area contributed by atoms with Gasteiger partial charge in [-0.1, -0.05) is 12.1 Å². The van der Waals surface area contributed by atoms with Crippen molar-refractivity contribution in [3.63, 3.8) is 0 Å². The Bertz CT molecular complexity index is 398. The lowest BCUT2D eigenvalue weighted by molar-refractivity contribution is -0.147. The van der Waals surface area contributed by atoms with Crippen molar-refractivity contribution < 1.29 is 19.1 Å². The van der Waals surface area contributed by atoms with Gasteiger partial charge in [-0.15, -0.1) is 0 Å². The van der Waals surface area contributed by atoms with Crippen molar-refractivity contribution in [3.8, 4) is 5.75 Å². The molecule has 4 heteroatoms. The van der Waals surface area contributed by atoms with Crippen LogP contribution in [0.1, 0.15) is 24.2 Å². The molecular weight excluding hydrogens is 208 g/mol. The van der Waals surface area contributed by atoms with Crippen LogP contribution < -0.4 is 4.74 Å². The first-order chi connectivity index (χ1) is 7.54. The Morgan fingerprint density at radius 1 is 1.31 bits per heavy atom. The minimum absolute atomic E-state index is 0.0452. The van der Waals surface area contributed by atoms with Crippen LogP contribution in [0.25, 0.3) is 0 Å². The molecule has 0 spiro atoms. The average molecular weight is 222 g/mol. The van der Waals surface area contributed by atoms with Gasteiger partial charge in [0.15, 0.2) is 11.9 Å². The van der Waals surface area contributed by atoms with Crippen LogP contribution >= 0.6 is 0 Å². The molecule has 0 saturated heterocycles. The van der Waals surface area contributed by atoms with Crippen LogP contribution in [-0.2, 0) is 9.53 Å². The fourth-order valence-electron chi connectivity index (χ4n) is 1.21. The molecule has 0 heterocycles. The van der Waals surface area contributed by atoms with Crippen molar-refractivity contribution in [3.05, 3.63) is 29.8 Å². The number of ether oxygens (including phenoxy) is 2. The summed E-state index contributed by atoms with van der Waals surface area (Å²) < 4.78 is 9.86. The largest absolute Gasteiger partial charge is 0.479 e. The maximum absolute atomic E-state index is 11.1. The van der Waals surface area contributed by atoms with E-state index in [0.29, 0.717) is 11.3 Å². The third-order valence-electron chi connectivity index (χ3n) is 2.09. The van der Waals surface area contributed by atoms with E-state index in [-0.39, 0.29) is 5.78 Å². The van der Waals surface area contributed by atoms with Gasteiger partial charge in [0.2, 0.25) is 0 Å². The number of rotatable bonds is 4. The predicted octanol–water partition coefficient (Wildman–Crippen LogP) is 1.83. The Kier molecular flexibility index (Phi) is 4.05. The SMILES string of the molecule is COC(=O)[C@@H](C)Oc1cccc(C(C)=O)c1. The molecule has 0 aliphatic carbocycles. The topological polar surface area (TPSA) is 52.6 Å². The highest BCUT2D eigenvalue weighted by molar-refractivity contribution is 5.94. The number of ketones is 1. The van der Waals surface area contributed by atoms with E-state index in [0.717, 1.165) is 0 Å². The maximum atomic E-state index is 11.1. The van der Waals surface area contributed by atoms with Gasteiger partial charge in [0.1, 0.15) is 5.75 Å². The van der Waals surface area contributed by atoms with E-state index in [9.17, 15) is 9.59 Å². The quantitative estimate of drug-likeness (QED) is 0.576. The molecule has 1 aromatic carbocycles. The summed E-state index contributed by atoms with van der Waals surface area (Å²) in [5, 5.41) is 0. The van der Waals surface area contributed by atoms with Gasteiger partial charge >= 0.3 is 5.97 Å². The van der Waals surface area contributed by atoms with Crippen LogP contribution in [0.3, 0.4) is 0 Å². The van der Waals surface area contributed by atoms with Crippen LogP contribution in [0.2, 0.25) is 0 Å². The van der Waals surface area contributed by atoms with E-state index >= 15 is 0 Å². The Morgan fingerprint density at radius 2 is 2.00 bits per heavy atom. The molecule has 0 bridgehead atoms. The molecule has 0 N–H and O–H groups in total. The van der Waals surface area contributed by atoms with Crippen molar-refractivity contribution in [2.75, 3.05) is 7.11 Å². The molecule has 0 fully saturated rings. The maximum Gasteiger partial charge on any atom is 0.346 e. The van der Waals surface area contributed by atoms with Crippen LogP contribution in [-0.4, -0.2) is 25.0 Å². The molecule has 0 radical (unpaired) electrons. The molecule has 16 heavy (non-hydrogen) atoms. The number of hydrogen-bond donors (Lipinski definition) is 0. The Labute approximate surface area is 94.2 Å². The van der Waals surface area contributed by atoms with Gasteiger partial charge in [0.05, 0.1) is 7.11 Å². The van der Waals surface area contributed by atoms with E-state index in [4.69, 9.17) is 4.74 Å². The zero-order valence-corrected chi connectivity index (χ0v) is 9.52. The smallest absolute Gasteiger partial charge is 0.346 e.